The maximum Gasteiger partial charge on any atom is 0.410 e. The van der Waals surface area contributed by atoms with Gasteiger partial charge in [-0.05, 0) is 52.1 Å². The van der Waals surface area contributed by atoms with Crippen molar-refractivity contribution in [3.05, 3.63) is 35.9 Å². The first-order valence-corrected chi connectivity index (χ1v) is 11.4. The first kappa shape index (κ1) is 25.0. The highest BCUT2D eigenvalue weighted by Crippen LogP contribution is 2.33. The summed E-state index contributed by atoms with van der Waals surface area (Å²) in [6.07, 6.45) is 0.0470. The van der Waals surface area contributed by atoms with Crippen LogP contribution in [0, 0.1) is 5.92 Å². The van der Waals surface area contributed by atoms with E-state index < -0.39 is 41.9 Å². The summed E-state index contributed by atoms with van der Waals surface area (Å²) in [5.74, 6) is -1.23. The molecule has 1 unspecified atom stereocenters. The molecule has 5 atom stereocenters. The lowest BCUT2D eigenvalue weighted by molar-refractivity contribution is -0.146. The Kier molecular flexibility index (Phi) is 7.97. The van der Waals surface area contributed by atoms with E-state index in [1.54, 1.807) is 20.8 Å². The molecule has 0 aromatic heterocycles. The second kappa shape index (κ2) is 10.5. The van der Waals surface area contributed by atoms with E-state index in [4.69, 9.17) is 9.47 Å². The molecular weight excluding hydrogens is 426 g/mol. The molecule has 9 nitrogen and oxygen atoms in total. The summed E-state index contributed by atoms with van der Waals surface area (Å²) in [5, 5.41) is 15.8. The molecule has 2 heterocycles. The van der Waals surface area contributed by atoms with Crippen molar-refractivity contribution in [2.45, 2.75) is 69.9 Å². The minimum absolute atomic E-state index is 0.0353. The van der Waals surface area contributed by atoms with Crippen LogP contribution in [0.5, 0.6) is 0 Å². The Bertz CT molecular complexity index is 840. The van der Waals surface area contributed by atoms with Gasteiger partial charge in [0.25, 0.3) is 0 Å². The Morgan fingerprint density at radius 3 is 2.52 bits per heavy atom. The third kappa shape index (κ3) is 6.45. The van der Waals surface area contributed by atoms with Gasteiger partial charge in [-0.1, -0.05) is 30.3 Å². The van der Waals surface area contributed by atoms with Gasteiger partial charge in [-0.2, -0.15) is 0 Å². The van der Waals surface area contributed by atoms with Gasteiger partial charge in [-0.15, -0.1) is 0 Å². The number of ether oxygens (including phenoxy) is 2. The zero-order chi connectivity index (χ0) is 24.2. The van der Waals surface area contributed by atoms with Gasteiger partial charge in [0.05, 0.1) is 7.11 Å². The van der Waals surface area contributed by atoms with E-state index in [1.807, 2.05) is 30.3 Å². The second-order valence-corrected chi connectivity index (χ2v) is 9.76. The van der Waals surface area contributed by atoms with Crippen LogP contribution in [0.1, 0.15) is 51.5 Å². The molecule has 182 valence electrons. The molecule has 2 aliphatic rings. The lowest BCUT2D eigenvalue weighted by Crippen LogP contribution is -2.52. The normalized spacial score (nSPS) is 26.0. The number of nitrogens with zero attached hydrogens (tertiary/aromatic N) is 1. The van der Waals surface area contributed by atoms with Crippen molar-refractivity contribution in [3.8, 4) is 0 Å². The van der Waals surface area contributed by atoms with E-state index in [1.165, 1.54) is 12.0 Å². The number of esters is 1. The maximum absolute atomic E-state index is 13.3. The molecule has 1 aromatic carbocycles. The number of likely N-dealkylation sites (tertiary alicyclic amines) is 1. The van der Waals surface area contributed by atoms with Crippen LogP contribution in [0.3, 0.4) is 0 Å². The molecule has 0 saturated carbocycles. The highest BCUT2D eigenvalue weighted by atomic mass is 16.6. The number of aliphatic hydroxyl groups excluding tert-OH is 1. The topological polar surface area (TPSA) is 117 Å². The zero-order valence-electron chi connectivity index (χ0n) is 19.7. The number of rotatable bonds is 6. The van der Waals surface area contributed by atoms with Crippen molar-refractivity contribution >= 4 is 18.0 Å². The molecule has 0 radical (unpaired) electrons. The van der Waals surface area contributed by atoms with Gasteiger partial charge in [0.1, 0.15) is 23.9 Å². The molecule has 0 aliphatic carbocycles. The minimum Gasteiger partial charge on any atom is -0.467 e. The van der Waals surface area contributed by atoms with Gasteiger partial charge < -0.3 is 19.9 Å². The highest BCUT2D eigenvalue weighted by molar-refractivity contribution is 5.90. The molecule has 2 amide bonds. The number of methoxy groups -OCH3 is 1. The molecule has 0 spiro atoms. The number of carbonyl (C=O) groups excluding carboxylic acids is 3. The predicted molar refractivity (Wildman–Crippen MR) is 121 cm³/mol. The molecule has 3 N–H and O–H groups in total. The van der Waals surface area contributed by atoms with Crippen LogP contribution in [0.15, 0.2) is 30.3 Å². The summed E-state index contributed by atoms with van der Waals surface area (Å²) in [5.41, 5.74) is 0.328. The number of nitrogens with one attached hydrogen (secondary N) is 2. The average molecular weight is 462 g/mol. The van der Waals surface area contributed by atoms with Gasteiger partial charge in [0, 0.05) is 18.4 Å². The predicted octanol–water partition coefficient (Wildman–Crippen LogP) is 1.76. The van der Waals surface area contributed by atoms with Crippen LogP contribution in [-0.4, -0.2) is 72.1 Å². The van der Waals surface area contributed by atoms with Crippen molar-refractivity contribution in [1.82, 2.24) is 15.5 Å². The maximum atomic E-state index is 13.3. The molecule has 1 aromatic rings. The van der Waals surface area contributed by atoms with E-state index in [9.17, 15) is 19.5 Å². The molecule has 9 heteroatoms. The summed E-state index contributed by atoms with van der Waals surface area (Å²) in [6.45, 7) is 6.31. The number of benzene rings is 1. The van der Waals surface area contributed by atoms with E-state index in [0.29, 0.717) is 25.9 Å². The highest BCUT2D eigenvalue weighted by Gasteiger charge is 2.43. The van der Waals surface area contributed by atoms with Crippen LogP contribution in [0.25, 0.3) is 0 Å². The Hall–Kier alpha value is -2.65. The Morgan fingerprint density at radius 2 is 1.94 bits per heavy atom. The first-order chi connectivity index (χ1) is 15.6. The SMILES string of the molecule is COC(=O)[C@H](C[C@@H]1CCNC1O)NC(=O)[C@@H]1C[C@@H](c2ccccc2)CN1C(=O)OC(C)(C)C. The van der Waals surface area contributed by atoms with Crippen molar-refractivity contribution in [2.75, 3.05) is 20.2 Å². The Morgan fingerprint density at radius 1 is 1.24 bits per heavy atom. The van der Waals surface area contributed by atoms with Crippen molar-refractivity contribution in [1.29, 1.82) is 0 Å². The average Bonchev–Trinajstić information content (AvgIpc) is 3.39. The van der Waals surface area contributed by atoms with Crippen LogP contribution < -0.4 is 10.6 Å². The molecule has 33 heavy (non-hydrogen) atoms. The first-order valence-electron chi connectivity index (χ1n) is 11.4. The lowest BCUT2D eigenvalue weighted by atomic mass is 9.95. The number of hydrogen-bond acceptors (Lipinski definition) is 7. The number of hydrogen-bond donors (Lipinski definition) is 3. The van der Waals surface area contributed by atoms with Gasteiger partial charge in [-0.3, -0.25) is 15.0 Å². The van der Waals surface area contributed by atoms with E-state index in [2.05, 4.69) is 10.6 Å². The molecule has 0 bridgehead atoms. The van der Waals surface area contributed by atoms with E-state index in [-0.39, 0.29) is 18.3 Å². The molecular formula is C24H35N3O6. The third-order valence-corrected chi connectivity index (χ3v) is 6.16. The van der Waals surface area contributed by atoms with E-state index >= 15 is 0 Å². The Labute approximate surface area is 194 Å². The summed E-state index contributed by atoms with van der Waals surface area (Å²) in [4.78, 5) is 40.1. The number of carbonyl (C=O) groups is 3. The molecule has 2 aliphatic heterocycles. The van der Waals surface area contributed by atoms with Crippen molar-refractivity contribution < 1.29 is 29.0 Å². The van der Waals surface area contributed by atoms with Crippen molar-refractivity contribution in [3.63, 3.8) is 0 Å². The van der Waals surface area contributed by atoms with Gasteiger partial charge in [-0.25, -0.2) is 9.59 Å². The van der Waals surface area contributed by atoms with Crippen LogP contribution in [0.2, 0.25) is 0 Å². The van der Waals surface area contributed by atoms with Gasteiger partial charge >= 0.3 is 12.1 Å². The standard InChI is InChI=1S/C24H35N3O6/c1-24(2,3)33-23(31)27-14-17(15-8-6-5-7-9-15)13-19(27)21(29)26-18(22(30)32-4)12-16-10-11-25-20(16)28/h5-9,16-20,25,28H,10-14H2,1-4H3,(H,26,29)/t16-,17+,18-,19-,20?/m0/s1. The van der Waals surface area contributed by atoms with Crippen LogP contribution >= 0.6 is 0 Å². The van der Waals surface area contributed by atoms with Gasteiger partial charge in [0.2, 0.25) is 5.91 Å². The molecule has 2 fully saturated rings. The third-order valence-electron chi connectivity index (χ3n) is 6.16. The monoisotopic (exact) mass is 461 g/mol. The number of aliphatic hydroxyl groups is 1. The summed E-state index contributed by atoms with van der Waals surface area (Å²) in [7, 11) is 1.26. The molecule has 2 saturated heterocycles. The fourth-order valence-electron chi connectivity index (χ4n) is 4.49. The largest absolute Gasteiger partial charge is 0.467 e. The summed E-state index contributed by atoms with van der Waals surface area (Å²) >= 11 is 0. The van der Waals surface area contributed by atoms with E-state index in [0.717, 1.165) is 5.56 Å². The molecule has 3 rings (SSSR count). The fraction of sp³-hybridized carbons (Fsp3) is 0.625. The minimum atomic E-state index is -0.918. The van der Waals surface area contributed by atoms with Crippen LogP contribution in [-0.2, 0) is 19.1 Å². The Balaban J connectivity index is 1.78. The summed E-state index contributed by atoms with van der Waals surface area (Å²) < 4.78 is 10.4. The smallest absolute Gasteiger partial charge is 0.410 e. The van der Waals surface area contributed by atoms with Crippen LogP contribution in [0.4, 0.5) is 4.79 Å². The fourth-order valence-corrected chi connectivity index (χ4v) is 4.49. The zero-order valence-corrected chi connectivity index (χ0v) is 19.7. The quantitative estimate of drug-likeness (QED) is 0.553. The number of amides is 2. The second-order valence-electron chi connectivity index (χ2n) is 9.76. The van der Waals surface area contributed by atoms with Crippen molar-refractivity contribution in [2.24, 2.45) is 5.92 Å². The lowest BCUT2D eigenvalue weighted by Gasteiger charge is -2.29. The summed E-state index contributed by atoms with van der Waals surface area (Å²) in [6, 6.07) is 8.01. The van der Waals surface area contributed by atoms with Gasteiger partial charge in [0.15, 0.2) is 0 Å².